The quantitative estimate of drug-likeness (QED) is 0.434. The number of hydrogen-bond acceptors (Lipinski definition) is 6. The molecule has 8 nitrogen and oxygen atoms in total. The van der Waals surface area contributed by atoms with E-state index in [1.165, 1.54) is 10.8 Å². The van der Waals surface area contributed by atoms with E-state index in [1.54, 1.807) is 49.2 Å². The van der Waals surface area contributed by atoms with Crippen molar-refractivity contribution in [2.45, 2.75) is 40.7 Å². The molecule has 0 unspecified atom stereocenters. The Morgan fingerprint density at radius 1 is 1.31 bits per heavy atom. The summed E-state index contributed by atoms with van der Waals surface area (Å²) in [6.45, 7) is 6.56. The monoisotopic (exact) mass is 515 g/mol. The largest absolute Gasteiger partial charge is 0.355 e. The van der Waals surface area contributed by atoms with Crippen LogP contribution in [0.2, 0.25) is 0 Å². The van der Waals surface area contributed by atoms with Crippen LogP contribution in [0.4, 0.5) is 20.2 Å². The van der Waals surface area contributed by atoms with Gasteiger partial charge in [-0.25, -0.2) is 8.78 Å². The Balaban J connectivity index is 2.44. The lowest BCUT2D eigenvalue weighted by molar-refractivity contribution is -0.125. The van der Waals surface area contributed by atoms with Gasteiger partial charge in [0.2, 0.25) is 5.91 Å². The van der Waals surface area contributed by atoms with Crippen LogP contribution in [0.1, 0.15) is 27.7 Å². The van der Waals surface area contributed by atoms with Gasteiger partial charge in [-0.1, -0.05) is 49.6 Å². The minimum Gasteiger partial charge on any atom is -0.355 e. The van der Waals surface area contributed by atoms with Crippen LogP contribution in [0.25, 0.3) is 11.5 Å². The van der Waals surface area contributed by atoms with Gasteiger partial charge in [-0.2, -0.15) is 5.26 Å². The molecule has 2 aromatic rings. The molecule has 0 spiro atoms. The molecule has 1 heterocycles. The van der Waals surface area contributed by atoms with E-state index in [1.807, 2.05) is 26.1 Å². The number of alkyl halides is 2. The highest BCUT2D eigenvalue weighted by atomic mass is 32.1. The molecule has 0 saturated heterocycles. The average molecular weight is 516 g/mol. The predicted octanol–water partition coefficient (Wildman–Crippen LogP) is 2.15. The van der Waals surface area contributed by atoms with Gasteiger partial charge in [-0.05, 0) is 25.1 Å². The molecule has 0 atom stereocenters. The first-order valence-corrected chi connectivity index (χ1v) is 11.8. The Bertz CT molecular complexity index is 1430. The number of benzene rings is 1. The van der Waals surface area contributed by atoms with Gasteiger partial charge in [0.25, 0.3) is 17.9 Å². The first-order valence-electron chi connectivity index (χ1n) is 11.0. The Morgan fingerprint density at radius 3 is 2.58 bits per heavy atom. The van der Waals surface area contributed by atoms with Crippen molar-refractivity contribution in [3.8, 4) is 6.07 Å². The summed E-state index contributed by atoms with van der Waals surface area (Å²) in [4.78, 5) is 38.8. The second kappa shape index (κ2) is 12.1. The van der Waals surface area contributed by atoms with Crippen molar-refractivity contribution in [3.05, 3.63) is 55.6 Å². The van der Waals surface area contributed by atoms with Crippen LogP contribution in [0, 0.1) is 16.7 Å². The molecule has 0 bridgehead atoms. The van der Waals surface area contributed by atoms with Gasteiger partial charge in [0.15, 0.2) is 5.57 Å². The standard InChI is InChI=1S/C25H27F2N5O3S/c1-6-32-21(12-16(14-28)22(33)30-15-20(26)27)36-19(23(32)34)10-11-29-17-8-7-9-18(13-17)31(5)24(35)25(2,3)4/h7-9,11,13,20,29H,6,15H2,1-5H3,(H,30,33). The van der Waals surface area contributed by atoms with Gasteiger partial charge < -0.3 is 15.5 Å². The predicted molar refractivity (Wildman–Crippen MR) is 136 cm³/mol. The molecule has 11 heteroatoms. The fourth-order valence-electron chi connectivity index (χ4n) is 2.99. The Hall–Kier alpha value is -3.96. The van der Waals surface area contributed by atoms with Gasteiger partial charge in [0.1, 0.15) is 15.3 Å². The van der Waals surface area contributed by atoms with E-state index in [0.29, 0.717) is 11.4 Å². The first kappa shape index (κ1) is 28.3. The maximum atomic E-state index is 12.7. The molecule has 2 rings (SSSR count). The maximum Gasteiger partial charge on any atom is 0.277 e. The molecule has 2 N–H and O–H groups in total. The summed E-state index contributed by atoms with van der Waals surface area (Å²) in [5, 5.41) is 14.2. The van der Waals surface area contributed by atoms with Crippen molar-refractivity contribution in [1.29, 1.82) is 5.26 Å². The molecule has 190 valence electrons. The van der Waals surface area contributed by atoms with E-state index < -0.39 is 35.4 Å². The van der Waals surface area contributed by atoms with Crippen molar-refractivity contribution in [2.75, 3.05) is 23.8 Å². The Kier molecular flexibility index (Phi) is 9.53. The normalized spacial score (nSPS) is 10.6. The van der Waals surface area contributed by atoms with Crippen LogP contribution in [0.15, 0.2) is 40.8 Å². The lowest BCUT2D eigenvalue weighted by Gasteiger charge is -2.26. The fraction of sp³-hybridized carbons (Fsp3) is 0.360. The highest BCUT2D eigenvalue weighted by Gasteiger charge is 2.25. The fourth-order valence-corrected chi connectivity index (χ4v) is 3.98. The summed E-state index contributed by atoms with van der Waals surface area (Å²) in [6, 6.07) is 8.78. The second-order valence-electron chi connectivity index (χ2n) is 8.60. The zero-order valence-electron chi connectivity index (χ0n) is 20.6. The van der Waals surface area contributed by atoms with E-state index in [0.717, 1.165) is 11.3 Å². The summed E-state index contributed by atoms with van der Waals surface area (Å²) in [7, 11) is 1.70. The second-order valence-corrected chi connectivity index (χ2v) is 9.60. The average Bonchev–Trinajstić information content (AvgIpc) is 3.13. The van der Waals surface area contributed by atoms with Crippen molar-refractivity contribution in [3.63, 3.8) is 0 Å². The number of rotatable bonds is 7. The van der Waals surface area contributed by atoms with Gasteiger partial charge >= 0.3 is 0 Å². The highest BCUT2D eigenvalue weighted by Crippen LogP contribution is 2.24. The van der Waals surface area contributed by atoms with Crippen LogP contribution in [0.3, 0.4) is 0 Å². The lowest BCUT2D eigenvalue weighted by atomic mass is 9.94. The number of halogens is 2. The molecule has 0 radical (unpaired) electrons. The number of nitrogens with one attached hydrogen (secondary N) is 2. The molecule has 0 fully saturated rings. The van der Waals surface area contributed by atoms with Crippen molar-refractivity contribution in [1.82, 2.24) is 9.88 Å². The van der Waals surface area contributed by atoms with E-state index in [2.05, 4.69) is 16.8 Å². The molecule has 2 amide bonds. The minimum absolute atomic E-state index is 0.0445. The summed E-state index contributed by atoms with van der Waals surface area (Å²) >= 11 is 0.950. The summed E-state index contributed by atoms with van der Waals surface area (Å²) < 4.78 is 26.4. The maximum absolute atomic E-state index is 12.7. The van der Waals surface area contributed by atoms with E-state index >= 15 is 0 Å². The van der Waals surface area contributed by atoms with Gasteiger partial charge in [0, 0.05) is 36.6 Å². The highest BCUT2D eigenvalue weighted by molar-refractivity contribution is 7.07. The number of nitrogens with zero attached hydrogens (tertiary/aromatic N) is 3. The van der Waals surface area contributed by atoms with E-state index in [4.69, 9.17) is 0 Å². The summed E-state index contributed by atoms with van der Waals surface area (Å²) in [6.07, 6.45) is -1.32. The van der Waals surface area contributed by atoms with Crippen LogP contribution in [-0.2, 0) is 16.1 Å². The smallest absolute Gasteiger partial charge is 0.277 e. The summed E-state index contributed by atoms with van der Waals surface area (Å²) in [5.41, 5.74) is 5.29. The van der Waals surface area contributed by atoms with E-state index in [9.17, 15) is 28.4 Å². The third-order valence-corrected chi connectivity index (χ3v) is 5.82. The molecular weight excluding hydrogens is 488 g/mol. The van der Waals surface area contributed by atoms with Crippen LogP contribution in [0.5, 0.6) is 0 Å². The molecule has 1 aromatic carbocycles. The van der Waals surface area contributed by atoms with Crippen LogP contribution >= 0.6 is 11.3 Å². The zero-order chi connectivity index (χ0) is 27.0. The lowest BCUT2D eigenvalue weighted by Crippen LogP contribution is -2.36. The molecule has 0 aliphatic heterocycles. The van der Waals surface area contributed by atoms with E-state index in [-0.39, 0.29) is 21.6 Å². The molecule has 36 heavy (non-hydrogen) atoms. The molecule has 0 saturated carbocycles. The number of nitriles is 1. The molecule has 0 aliphatic carbocycles. The van der Waals surface area contributed by atoms with Crippen molar-refractivity contribution < 1.29 is 18.4 Å². The zero-order valence-corrected chi connectivity index (χ0v) is 21.4. The number of carbonyl (C=O) groups is 2. The van der Waals surface area contributed by atoms with Crippen LogP contribution < -0.4 is 30.3 Å². The number of amides is 2. The number of thiazole rings is 1. The third-order valence-electron chi connectivity index (χ3n) is 4.81. The Labute approximate surface area is 211 Å². The topological polar surface area (TPSA) is 107 Å². The number of carbonyl (C=O) groups excluding carboxylic acids is 2. The number of aromatic nitrogens is 1. The van der Waals surface area contributed by atoms with Gasteiger partial charge in [-0.3, -0.25) is 19.0 Å². The Morgan fingerprint density at radius 2 is 2.00 bits per heavy atom. The summed E-state index contributed by atoms with van der Waals surface area (Å²) in [5.74, 6) is -1.05. The molecular formula is C25H27F2N5O3S. The molecule has 1 aromatic heterocycles. The van der Waals surface area contributed by atoms with Gasteiger partial charge in [-0.15, -0.1) is 0 Å². The number of hydrogen-bond donors (Lipinski definition) is 2. The minimum atomic E-state index is -2.76. The van der Waals surface area contributed by atoms with Crippen molar-refractivity contribution >= 4 is 46.0 Å². The van der Waals surface area contributed by atoms with Gasteiger partial charge in [0.05, 0.1) is 6.54 Å². The number of anilines is 2. The first-order chi connectivity index (χ1) is 16.9. The van der Waals surface area contributed by atoms with Crippen LogP contribution in [-0.4, -0.2) is 36.4 Å². The third kappa shape index (κ3) is 7.27. The van der Waals surface area contributed by atoms with Crippen molar-refractivity contribution in [2.24, 2.45) is 5.41 Å². The molecule has 0 aliphatic rings. The SMILES string of the molecule is CCn1c(=C=C(C#N)C(=O)NCC(F)F)sc(=C=CNc2cccc(N(C)C(=O)C(C)(C)C)c2)c1=O.